The van der Waals surface area contributed by atoms with Crippen molar-refractivity contribution in [1.29, 1.82) is 10.5 Å². The van der Waals surface area contributed by atoms with E-state index in [-0.39, 0.29) is 55.7 Å². The highest BCUT2D eigenvalue weighted by Gasteiger charge is 2.58. The first kappa shape index (κ1) is 30.6. The van der Waals surface area contributed by atoms with Gasteiger partial charge in [0.2, 0.25) is 0 Å². The Labute approximate surface area is 248 Å². The van der Waals surface area contributed by atoms with E-state index in [1.54, 1.807) is 31.2 Å². The van der Waals surface area contributed by atoms with Crippen LogP contribution in [0.3, 0.4) is 0 Å². The van der Waals surface area contributed by atoms with Gasteiger partial charge in [-0.1, -0.05) is 23.8 Å². The average Bonchev–Trinajstić information content (AvgIpc) is 3.43. The van der Waals surface area contributed by atoms with Gasteiger partial charge in [0.1, 0.15) is 11.5 Å². The molecule has 45 heavy (non-hydrogen) atoms. The summed E-state index contributed by atoms with van der Waals surface area (Å²) in [4.78, 5) is 6.40. The number of alkyl halides is 8. The van der Waals surface area contributed by atoms with Crippen molar-refractivity contribution in [2.24, 2.45) is 0 Å². The SMILES string of the molecule is [C-]#[N+]/C(C#N)=C1/c2cc(OC(F)(F)F)ccc2-c2c1cc1c(c2OCC(F)(F)C(F)(F)F)-c2ccc(C)cc2/C1=C(/C#N)[N+]#[C-]. The molecule has 14 heteroatoms. The minimum absolute atomic E-state index is 0.0193. The third-order valence-electron chi connectivity index (χ3n) is 7.02. The molecule has 0 amide bonds. The van der Waals surface area contributed by atoms with Crippen molar-refractivity contribution in [2.45, 2.75) is 25.4 Å². The summed E-state index contributed by atoms with van der Waals surface area (Å²) >= 11 is 0. The minimum atomic E-state index is -6.02. The predicted molar refractivity (Wildman–Crippen MR) is 142 cm³/mol. The molecule has 0 saturated carbocycles. The van der Waals surface area contributed by atoms with Gasteiger partial charge in [0.15, 0.2) is 6.61 Å². The van der Waals surface area contributed by atoms with E-state index < -0.39 is 48.0 Å². The maximum absolute atomic E-state index is 14.2. The van der Waals surface area contributed by atoms with Gasteiger partial charge in [-0.05, 0) is 64.6 Å². The van der Waals surface area contributed by atoms with E-state index in [9.17, 15) is 45.6 Å². The average molecular weight is 624 g/mol. The van der Waals surface area contributed by atoms with Crippen molar-refractivity contribution in [3.05, 3.63) is 105 Å². The molecule has 0 aliphatic heterocycles. The standard InChI is InChI=1S/C31H12F8N4O2/c1-14-4-6-16-18(8-14)24(22(11-40)42-2)20-10-21-25(23(12-41)43-3)19-9-15(45-31(37,38)39)5-7-17(19)27(21)28(26(16)20)44-13-29(32,33)30(34,35)36/h4-10H,13H2,1H3/b24-22+,25-23-. The van der Waals surface area contributed by atoms with Crippen LogP contribution in [0.1, 0.15) is 27.8 Å². The van der Waals surface area contributed by atoms with Crippen molar-refractivity contribution in [3.63, 3.8) is 0 Å². The summed E-state index contributed by atoms with van der Waals surface area (Å²) in [6.45, 7) is 14.5. The number of ether oxygens (including phenoxy) is 2. The third kappa shape index (κ3) is 4.97. The van der Waals surface area contributed by atoms with Crippen molar-refractivity contribution >= 4 is 11.1 Å². The lowest BCUT2D eigenvalue weighted by molar-refractivity contribution is -0.289. The van der Waals surface area contributed by atoms with E-state index in [4.69, 9.17) is 17.9 Å². The maximum atomic E-state index is 14.2. The second-order valence-corrected chi connectivity index (χ2v) is 9.74. The number of hydrogen-bond donors (Lipinski definition) is 0. The zero-order valence-corrected chi connectivity index (χ0v) is 22.4. The van der Waals surface area contributed by atoms with E-state index in [1.165, 1.54) is 12.1 Å². The molecular formula is C31H12F8N4O2. The lowest BCUT2D eigenvalue weighted by atomic mass is 9.93. The highest BCUT2D eigenvalue weighted by Crippen LogP contribution is 2.60. The fraction of sp³-hybridized carbons (Fsp3) is 0.161. The van der Waals surface area contributed by atoms with Crippen LogP contribution in [0, 0.1) is 42.7 Å². The first-order valence-corrected chi connectivity index (χ1v) is 12.4. The molecule has 6 nitrogen and oxygen atoms in total. The number of nitrogens with zero attached hydrogens (tertiary/aromatic N) is 4. The normalized spacial score (nSPS) is 15.3. The minimum Gasteiger partial charge on any atom is -0.486 e. The van der Waals surface area contributed by atoms with Gasteiger partial charge in [-0.3, -0.25) is 0 Å². The smallest absolute Gasteiger partial charge is 0.486 e. The Morgan fingerprint density at radius 3 is 1.71 bits per heavy atom. The van der Waals surface area contributed by atoms with Gasteiger partial charge in [-0.15, -0.1) is 13.2 Å². The maximum Gasteiger partial charge on any atom is 0.573 e. The molecule has 0 fully saturated rings. The van der Waals surface area contributed by atoms with E-state index >= 15 is 0 Å². The predicted octanol–water partition coefficient (Wildman–Crippen LogP) is 8.84. The fourth-order valence-electron chi connectivity index (χ4n) is 5.28. The molecule has 0 spiro atoms. The van der Waals surface area contributed by atoms with Gasteiger partial charge in [-0.25, -0.2) is 20.2 Å². The summed E-state index contributed by atoms with van der Waals surface area (Å²) in [5.41, 5.74) is -1.01. The van der Waals surface area contributed by atoms with Gasteiger partial charge in [0.25, 0.3) is 11.4 Å². The lowest BCUT2D eigenvalue weighted by Crippen LogP contribution is -2.41. The molecular weight excluding hydrogens is 612 g/mol. The Hall–Kier alpha value is -5.86. The number of aryl methyl sites for hydroxylation is 1. The molecule has 0 atom stereocenters. The third-order valence-corrected chi connectivity index (χ3v) is 7.02. The molecule has 0 saturated heterocycles. The summed E-state index contributed by atoms with van der Waals surface area (Å²) in [5.74, 6) is -6.71. The Bertz CT molecular complexity index is 2010. The highest BCUT2D eigenvalue weighted by atomic mass is 19.4. The number of allylic oxidation sites excluding steroid dienone is 2. The number of halogens is 8. The van der Waals surface area contributed by atoms with Crippen molar-refractivity contribution in [3.8, 4) is 45.9 Å². The van der Waals surface area contributed by atoms with Gasteiger partial charge >= 0.3 is 18.5 Å². The first-order valence-electron chi connectivity index (χ1n) is 12.4. The number of benzene rings is 3. The Balaban J connectivity index is 1.95. The zero-order valence-electron chi connectivity index (χ0n) is 22.4. The van der Waals surface area contributed by atoms with Crippen LogP contribution in [0.25, 0.3) is 43.1 Å². The first-order chi connectivity index (χ1) is 21.1. The fourth-order valence-corrected chi connectivity index (χ4v) is 5.28. The second-order valence-electron chi connectivity index (χ2n) is 9.74. The number of fused-ring (bicyclic) bond motifs is 6. The molecule has 0 heterocycles. The highest BCUT2D eigenvalue weighted by molar-refractivity contribution is 6.13. The monoisotopic (exact) mass is 624 g/mol. The van der Waals surface area contributed by atoms with Gasteiger partial charge in [0, 0.05) is 22.3 Å². The molecule has 5 rings (SSSR count). The topological polar surface area (TPSA) is 74.8 Å². The van der Waals surface area contributed by atoms with E-state index in [1.807, 2.05) is 0 Å². The van der Waals surface area contributed by atoms with Crippen molar-refractivity contribution in [1.82, 2.24) is 0 Å². The van der Waals surface area contributed by atoms with Crippen LogP contribution in [0.2, 0.25) is 0 Å². The molecule has 2 aliphatic rings. The molecule has 2 aliphatic carbocycles. The summed E-state index contributed by atoms with van der Waals surface area (Å²) in [6, 6.07) is 12.1. The molecule has 0 aromatic heterocycles. The molecule has 0 unspecified atom stereocenters. The van der Waals surface area contributed by atoms with Gasteiger partial charge in [-0.2, -0.15) is 22.0 Å². The van der Waals surface area contributed by atoms with E-state index in [2.05, 4.69) is 14.4 Å². The van der Waals surface area contributed by atoms with Crippen LogP contribution < -0.4 is 9.47 Å². The molecule has 0 radical (unpaired) electrons. The summed E-state index contributed by atoms with van der Waals surface area (Å²) < 4.78 is 117. The molecule has 0 bridgehead atoms. The van der Waals surface area contributed by atoms with E-state index in [0.717, 1.165) is 18.2 Å². The van der Waals surface area contributed by atoms with Crippen LogP contribution in [-0.2, 0) is 0 Å². The van der Waals surface area contributed by atoms with Crippen LogP contribution in [0.5, 0.6) is 11.5 Å². The summed E-state index contributed by atoms with van der Waals surface area (Å²) in [5, 5.41) is 19.5. The molecule has 3 aromatic rings. The zero-order chi connectivity index (χ0) is 33.1. The molecule has 224 valence electrons. The van der Waals surface area contributed by atoms with Crippen molar-refractivity contribution in [2.75, 3.05) is 6.61 Å². The number of rotatable bonds is 4. The second kappa shape index (κ2) is 10.4. The Kier molecular flexibility index (Phi) is 7.07. The van der Waals surface area contributed by atoms with Gasteiger partial charge < -0.3 is 9.47 Å². The van der Waals surface area contributed by atoms with Gasteiger partial charge in [0.05, 0.1) is 25.3 Å². The van der Waals surface area contributed by atoms with Crippen LogP contribution in [-0.4, -0.2) is 25.1 Å². The summed E-state index contributed by atoms with van der Waals surface area (Å²) in [7, 11) is 0. The molecule has 3 aromatic carbocycles. The van der Waals surface area contributed by atoms with Crippen LogP contribution in [0.4, 0.5) is 35.1 Å². The lowest BCUT2D eigenvalue weighted by Gasteiger charge is -2.23. The number of hydrogen-bond acceptors (Lipinski definition) is 4. The van der Waals surface area contributed by atoms with Crippen LogP contribution in [0.15, 0.2) is 53.9 Å². The quantitative estimate of drug-likeness (QED) is 0.114. The van der Waals surface area contributed by atoms with Crippen molar-refractivity contribution < 1.29 is 44.6 Å². The molecule has 0 N–H and O–H groups in total. The van der Waals surface area contributed by atoms with E-state index in [0.29, 0.717) is 5.56 Å². The summed E-state index contributed by atoms with van der Waals surface area (Å²) in [6.07, 6.45) is -11.2. The van der Waals surface area contributed by atoms with Crippen LogP contribution >= 0.6 is 0 Å². The Morgan fingerprint density at radius 2 is 1.24 bits per heavy atom. The Morgan fingerprint density at radius 1 is 0.733 bits per heavy atom. The largest absolute Gasteiger partial charge is 0.573 e. The number of nitriles is 2.